The standard InChI is InChI=1S/C20H28F3N3O/c1-25(16-6-2-3-7-17(16)26-12-4-5-13-26)19(27)18(24)14-8-10-15(11-9-14)20(21,22)23/h8-11,16-18H,2-7,12-13,24H2,1H3/t16-,17-,18?/m0/s1. The zero-order chi connectivity index (χ0) is 19.6. The number of nitrogens with zero attached hydrogens (tertiary/aromatic N) is 2. The van der Waals surface area contributed by atoms with Gasteiger partial charge in [0.25, 0.3) is 0 Å². The number of carbonyl (C=O) groups excluding carboxylic acids is 1. The fraction of sp³-hybridized carbons (Fsp3) is 0.650. The normalized spacial score (nSPS) is 25.4. The highest BCUT2D eigenvalue weighted by Crippen LogP contribution is 2.32. The van der Waals surface area contributed by atoms with Gasteiger partial charge in [-0.05, 0) is 56.5 Å². The summed E-state index contributed by atoms with van der Waals surface area (Å²) in [7, 11) is 1.78. The van der Waals surface area contributed by atoms with E-state index in [-0.39, 0.29) is 11.9 Å². The number of hydrogen-bond acceptors (Lipinski definition) is 3. The van der Waals surface area contributed by atoms with E-state index in [9.17, 15) is 18.0 Å². The molecule has 3 rings (SSSR count). The van der Waals surface area contributed by atoms with Crippen molar-refractivity contribution in [2.24, 2.45) is 5.73 Å². The van der Waals surface area contributed by atoms with Gasteiger partial charge in [-0.2, -0.15) is 13.2 Å². The number of halogens is 3. The molecule has 2 aliphatic rings. The molecule has 0 radical (unpaired) electrons. The SMILES string of the molecule is CN(C(=O)C(N)c1ccc(C(F)(F)F)cc1)[C@H]1CCCC[C@@H]1N1CCCC1. The van der Waals surface area contributed by atoms with Crippen molar-refractivity contribution >= 4 is 5.91 Å². The fourth-order valence-corrected chi connectivity index (χ4v) is 4.45. The number of alkyl halides is 3. The Kier molecular flexibility index (Phi) is 6.11. The molecule has 1 aromatic carbocycles. The van der Waals surface area contributed by atoms with Gasteiger partial charge in [0.1, 0.15) is 6.04 Å². The van der Waals surface area contributed by atoms with Gasteiger partial charge < -0.3 is 10.6 Å². The molecule has 3 atom stereocenters. The third-order valence-corrected chi connectivity index (χ3v) is 6.01. The summed E-state index contributed by atoms with van der Waals surface area (Å²) in [5, 5.41) is 0. The third kappa shape index (κ3) is 4.46. The minimum atomic E-state index is -4.39. The van der Waals surface area contributed by atoms with Crippen molar-refractivity contribution in [1.82, 2.24) is 9.80 Å². The molecule has 1 aliphatic heterocycles. The molecule has 1 heterocycles. The molecule has 2 fully saturated rings. The first-order valence-electron chi connectivity index (χ1n) is 9.72. The van der Waals surface area contributed by atoms with E-state index in [0.717, 1.165) is 44.5 Å². The van der Waals surface area contributed by atoms with Gasteiger partial charge in [-0.15, -0.1) is 0 Å². The van der Waals surface area contributed by atoms with Crippen LogP contribution >= 0.6 is 0 Å². The van der Waals surface area contributed by atoms with Crippen LogP contribution in [0.15, 0.2) is 24.3 Å². The molecule has 1 aliphatic carbocycles. The molecule has 1 saturated heterocycles. The molecule has 4 nitrogen and oxygen atoms in total. The second-order valence-corrected chi connectivity index (χ2v) is 7.71. The Labute approximate surface area is 158 Å². The van der Waals surface area contributed by atoms with Crippen molar-refractivity contribution < 1.29 is 18.0 Å². The summed E-state index contributed by atoms with van der Waals surface area (Å²) < 4.78 is 38.2. The molecule has 27 heavy (non-hydrogen) atoms. The average Bonchev–Trinajstić information content (AvgIpc) is 3.20. The van der Waals surface area contributed by atoms with Gasteiger partial charge in [0.05, 0.1) is 5.56 Å². The molecule has 0 bridgehead atoms. The lowest BCUT2D eigenvalue weighted by Gasteiger charge is -2.43. The lowest BCUT2D eigenvalue weighted by atomic mass is 9.87. The van der Waals surface area contributed by atoms with Crippen molar-refractivity contribution in [3.63, 3.8) is 0 Å². The molecule has 1 saturated carbocycles. The van der Waals surface area contributed by atoms with Crippen molar-refractivity contribution in [3.05, 3.63) is 35.4 Å². The summed E-state index contributed by atoms with van der Waals surface area (Å²) >= 11 is 0. The summed E-state index contributed by atoms with van der Waals surface area (Å²) in [5.41, 5.74) is 5.79. The Bertz CT molecular complexity index is 641. The van der Waals surface area contributed by atoms with E-state index in [1.807, 2.05) is 0 Å². The highest BCUT2D eigenvalue weighted by atomic mass is 19.4. The second-order valence-electron chi connectivity index (χ2n) is 7.71. The number of benzene rings is 1. The minimum Gasteiger partial charge on any atom is -0.340 e. The largest absolute Gasteiger partial charge is 0.416 e. The van der Waals surface area contributed by atoms with E-state index in [1.165, 1.54) is 31.4 Å². The van der Waals surface area contributed by atoms with Gasteiger partial charge in [-0.3, -0.25) is 9.69 Å². The smallest absolute Gasteiger partial charge is 0.340 e. The minimum absolute atomic E-state index is 0.116. The first-order chi connectivity index (χ1) is 12.8. The summed E-state index contributed by atoms with van der Waals surface area (Å²) in [5.74, 6) is -0.231. The lowest BCUT2D eigenvalue weighted by Crippen LogP contribution is -2.54. The van der Waals surface area contributed by atoms with Crippen LogP contribution in [0, 0.1) is 0 Å². The van der Waals surface area contributed by atoms with Crippen molar-refractivity contribution in [1.29, 1.82) is 0 Å². The Morgan fingerprint density at radius 1 is 1.11 bits per heavy atom. The number of rotatable bonds is 4. The summed E-state index contributed by atoms with van der Waals surface area (Å²) in [6.45, 7) is 2.16. The number of amides is 1. The number of hydrogen-bond donors (Lipinski definition) is 1. The van der Waals surface area contributed by atoms with Crippen LogP contribution in [0.25, 0.3) is 0 Å². The molecule has 0 spiro atoms. The van der Waals surface area contributed by atoms with Gasteiger partial charge >= 0.3 is 6.18 Å². The molecule has 1 aromatic rings. The van der Waals surface area contributed by atoms with Crippen molar-refractivity contribution in [2.45, 2.75) is 62.8 Å². The molecule has 2 N–H and O–H groups in total. The van der Waals surface area contributed by atoms with Crippen LogP contribution in [-0.4, -0.2) is 47.9 Å². The van der Waals surface area contributed by atoms with Gasteiger partial charge in [0.15, 0.2) is 0 Å². The Morgan fingerprint density at radius 2 is 1.70 bits per heavy atom. The zero-order valence-electron chi connectivity index (χ0n) is 15.7. The van der Waals surface area contributed by atoms with Crippen LogP contribution in [0.2, 0.25) is 0 Å². The maximum Gasteiger partial charge on any atom is 0.416 e. The highest BCUT2D eigenvalue weighted by Gasteiger charge is 2.37. The first-order valence-corrected chi connectivity index (χ1v) is 9.72. The predicted molar refractivity (Wildman–Crippen MR) is 98.0 cm³/mol. The van der Waals surface area contributed by atoms with E-state index < -0.39 is 17.8 Å². The van der Waals surface area contributed by atoms with E-state index in [0.29, 0.717) is 11.6 Å². The van der Waals surface area contributed by atoms with Crippen molar-refractivity contribution in [2.75, 3.05) is 20.1 Å². The first kappa shape index (κ1) is 20.1. The van der Waals surface area contributed by atoms with Crippen LogP contribution < -0.4 is 5.73 Å². The summed E-state index contributed by atoms with van der Waals surface area (Å²) in [6, 6.07) is 4.10. The monoisotopic (exact) mass is 383 g/mol. The fourth-order valence-electron chi connectivity index (χ4n) is 4.45. The number of carbonyl (C=O) groups is 1. The van der Waals surface area contributed by atoms with Gasteiger partial charge in [-0.25, -0.2) is 0 Å². The molecule has 0 aromatic heterocycles. The molecule has 150 valence electrons. The molecule has 7 heteroatoms. The van der Waals surface area contributed by atoms with Crippen LogP contribution in [0.1, 0.15) is 55.7 Å². The maximum atomic E-state index is 12.9. The number of likely N-dealkylation sites (N-methyl/N-ethyl adjacent to an activating group) is 1. The van der Waals surface area contributed by atoms with Crippen LogP contribution in [-0.2, 0) is 11.0 Å². The van der Waals surface area contributed by atoms with Crippen LogP contribution in [0.5, 0.6) is 0 Å². The quantitative estimate of drug-likeness (QED) is 0.865. The third-order valence-electron chi connectivity index (χ3n) is 6.01. The maximum absolute atomic E-state index is 12.9. The Morgan fingerprint density at radius 3 is 2.30 bits per heavy atom. The molecular weight excluding hydrogens is 355 g/mol. The van der Waals surface area contributed by atoms with E-state index in [4.69, 9.17) is 5.73 Å². The number of nitrogens with two attached hydrogens (primary N) is 1. The second kappa shape index (κ2) is 8.19. The van der Waals surface area contributed by atoms with Crippen LogP contribution in [0.3, 0.4) is 0 Å². The molecular formula is C20H28F3N3O. The van der Waals surface area contributed by atoms with Gasteiger partial charge in [0, 0.05) is 19.1 Å². The van der Waals surface area contributed by atoms with Crippen LogP contribution in [0.4, 0.5) is 13.2 Å². The highest BCUT2D eigenvalue weighted by molar-refractivity contribution is 5.83. The summed E-state index contributed by atoms with van der Waals surface area (Å²) in [4.78, 5) is 17.2. The van der Waals surface area contributed by atoms with E-state index in [1.54, 1.807) is 11.9 Å². The average molecular weight is 383 g/mol. The van der Waals surface area contributed by atoms with E-state index in [2.05, 4.69) is 4.90 Å². The topological polar surface area (TPSA) is 49.6 Å². The Balaban J connectivity index is 1.71. The van der Waals surface area contributed by atoms with Gasteiger partial charge in [0.2, 0.25) is 5.91 Å². The van der Waals surface area contributed by atoms with E-state index >= 15 is 0 Å². The summed E-state index contributed by atoms with van der Waals surface area (Å²) in [6.07, 6.45) is 2.29. The lowest BCUT2D eigenvalue weighted by molar-refractivity contribution is -0.137. The molecule has 1 unspecified atom stereocenters. The molecule has 1 amide bonds. The zero-order valence-corrected chi connectivity index (χ0v) is 15.7. The van der Waals surface area contributed by atoms with Crippen molar-refractivity contribution in [3.8, 4) is 0 Å². The predicted octanol–water partition coefficient (Wildman–Crippen LogP) is 3.57. The number of likely N-dealkylation sites (tertiary alicyclic amines) is 1. The Hall–Kier alpha value is -1.60. The van der Waals surface area contributed by atoms with Gasteiger partial charge in [-0.1, -0.05) is 25.0 Å².